The Balaban J connectivity index is 1.33. The first kappa shape index (κ1) is 28.1. The summed E-state index contributed by atoms with van der Waals surface area (Å²) in [6.07, 6.45) is 4.76. The molecule has 0 amide bonds. The number of nitrogens with one attached hydrogen (secondary N) is 2. The van der Waals surface area contributed by atoms with Gasteiger partial charge in [0.1, 0.15) is 24.1 Å². The molecule has 44 heavy (non-hydrogen) atoms. The molecule has 232 valence electrons. The van der Waals surface area contributed by atoms with Gasteiger partial charge in [0.25, 0.3) is 0 Å². The molecule has 4 saturated heterocycles. The highest BCUT2D eigenvalue weighted by Crippen LogP contribution is 2.47. The zero-order chi connectivity index (χ0) is 30.3. The maximum absolute atomic E-state index is 17.0. The molecule has 2 aromatic heterocycles. The molecular formula is C31H33ClF3N7O2. The number of ether oxygens (including phenoxy) is 2. The van der Waals surface area contributed by atoms with Gasteiger partial charge in [0.05, 0.1) is 35.3 Å². The molecule has 13 heteroatoms. The molecule has 2 unspecified atom stereocenters. The van der Waals surface area contributed by atoms with Gasteiger partial charge in [0, 0.05) is 54.1 Å². The van der Waals surface area contributed by atoms with E-state index in [0.717, 1.165) is 32.2 Å². The molecule has 0 saturated carbocycles. The van der Waals surface area contributed by atoms with Gasteiger partial charge in [-0.2, -0.15) is 15.1 Å². The van der Waals surface area contributed by atoms with Crippen LogP contribution in [0.5, 0.6) is 11.8 Å². The molecule has 2 bridgehead atoms. The summed E-state index contributed by atoms with van der Waals surface area (Å²) in [5.74, 6) is -1.54. The van der Waals surface area contributed by atoms with Crippen LogP contribution in [0.15, 0.2) is 12.3 Å². The number of alkyl halides is 1. The van der Waals surface area contributed by atoms with Crippen LogP contribution in [0.1, 0.15) is 37.7 Å². The monoisotopic (exact) mass is 627 g/mol. The van der Waals surface area contributed by atoms with Gasteiger partial charge in [-0.25, -0.2) is 13.2 Å². The molecule has 0 radical (unpaired) electrons. The lowest BCUT2D eigenvalue weighted by Crippen LogP contribution is -2.51. The van der Waals surface area contributed by atoms with Crippen molar-refractivity contribution in [2.75, 3.05) is 44.8 Å². The van der Waals surface area contributed by atoms with Gasteiger partial charge in [-0.3, -0.25) is 10.00 Å². The van der Waals surface area contributed by atoms with E-state index in [1.807, 2.05) is 4.90 Å². The van der Waals surface area contributed by atoms with Gasteiger partial charge in [0.2, 0.25) is 0 Å². The molecule has 8 rings (SSSR count). The number of H-pyrrole nitrogens is 1. The van der Waals surface area contributed by atoms with Crippen molar-refractivity contribution in [1.29, 1.82) is 0 Å². The van der Waals surface area contributed by atoms with Crippen LogP contribution in [0.3, 0.4) is 0 Å². The maximum Gasteiger partial charge on any atom is 0.319 e. The molecule has 0 spiro atoms. The minimum Gasteiger partial charge on any atom is -0.493 e. The topological polar surface area (TPSA) is 91.4 Å². The van der Waals surface area contributed by atoms with E-state index in [9.17, 15) is 4.39 Å². The Morgan fingerprint density at radius 2 is 1.91 bits per heavy atom. The highest BCUT2D eigenvalue weighted by atomic mass is 35.5. The summed E-state index contributed by atoms with van der Waals surface area (Å²) in [5.41, 5.74) is 0.428. The van der Waals surface area contributed by atoms with Crippen LogP contribution in [0.25, 0.3) is 32.9 Å². The van der Waals surface area contributed by atoms with Gasteiger partial charge < -0.3 is 19.7 Å². The van der Waals surface area contributed by atoms with Crippen molar-refractivity contribution in [3.05, 3.63) is 34.5 Å². The van der Waals surface area contributed by atoms with Crippen molar-refractivity contribution < 1.29 is 22.6 Å². The molecule has 9 nitrogen and oxygen atoms in total. The SMILES string of the molecule is COc1c(F)c(-c2c(C)c(Cl)cc3[nH]ncc23)c(F)c2nc(OC[C@@]34CCCN3C[C@H](F)C4)nc(N3CC4CCC(C3)N4)c12. The molecule has 0 aliphatic carbocycles. The number of piperazine rings is 1. The Labute approximate surface area is 257 Å². The summed E-state index contributed by atoms with van der Waals surface area (Å²) in [6, 6.07) is 2.12. The zero-order valence-corrected chi connectivity index (χ0v) is 25.3. The fraction of sp³-hybridized carbons (Fsp3) is 0.516. The highest BCUT2D eigenvalue weighted by Gasteiger charge is 2.49. The van der Waals surface area contributed by atoms with E-state index in [1.54, 1.807) is 13.0 Å². The Morgan fingerprint density at radius 3 is 2.68 bits per heavy atom. The lowest BCUT2D eigenvalue weighted by Gasteiger charge is -2.35. The van der Waals surface area contributed by atoms with Crippen LogP contribution in [0.2, 0.25) is 5.02 Å². The third kappa shape index (κ3) is 4.24. The second kappa shape index (κ2) is 10.3. The minimum absolute atomic E-state index is 0.0308. The van der Waals surface area contributed by atoms with Crippen LogP contribution in [0.4, 0.5) is 19.0 Å². The number of methoxy groups -OCH3 is 1. The molecular weight excluding hydrogens is 595 g/mol. The van der Waals surface area contributed by atoms with Gasteiger partial charge in [0.15, 0.2) is 17.4 Å². The van der Waals surface area contributed by atoms with Crippen LogP contribution in [0, 0.1) is 18.6 Å². The second-order valence-corrected chi connectivity index (χ2v) is 13.1. The number of benzene rings is 2. The average Bonchev–Trinajstić information content (AvgIpc) is 3.77. The van der Waals surface area contributed by atoms with Crippen LogP contribution < -0.4 is 19.7 Å². The summed E-state index contributed by atoms with van der Waals surface area (Å²) in [6.45, 7) is 4.31. The van der Waals surface area contributed by atoms with E-state index in [1.165, 1.54) is 13.3 Å². The molecule has 4 aliphatic rings. The third-order valence-corrected chi connectivity index (χ3v) is 10.5. The van der Waals surface area contributed by atoms with Gasteiger partial charge in [-0.05, 0) is 50.8 Å². The summed E-state index contributed by atoms with van der Waals surface area (Å²) in [4.78, 5) is 13.5. The van der Waals surface area contributed by atoms with Crippen molar-refractivity contribution in [2.45, 2.75) is 62.8 Å². The predicted molar refractivity (Wildman–Crippen MR) is 162 cm³/mol. The van der Waals surface area contributed by atoms with Crippen LogP contribution in [-0.4, -0.2) is 88.8 Å². The van der Waals surface area contributed by atoms with Crippen LogP contribution >= 0.6 is 11.6 Å². The standard InChI is InChI=1S/C31H33ClF3N7O2/c1-15-20(32)8-21-19(10-36-40-21)22(15)23-25(34)27-24(28(43-2)26(23)35)29(41-12-17-4-5-18(13-41)37-17)39-30(38-27)44-14-31-6-3-7-42(31)11-16(33)9-31/h8,10,16-18,37H,3-7,9,11-14H2,1-2H3,(H,36,40)/t16-,17?,18?,31+/m1/s1. The summed E-state index contributed by atoms with van der Waals surface area (Å²) in [7, 11) is 1.36. The van der Waals surface area contributed by atoms with E-state index in [0.29, 0.717) is 53.4 Å². The van der Waals surface area contributed by atoms with Crippen molar-refractivity contribution in [1.82, 2.24) is 30.4 Å². The van der Waals surface area contributed by atoms with Crippen molar-refractivity contribution in [3.8, 4) is 22.9 Å². The molecule has 4 aliphatic heterocycles. The number of anilines is 1. The van der Waals surface area contributed by atoms with Crippen molar-refractivity contribution in [3.63, 3.8) is 0 Å². The predicted octanol–water partition coefficient (Wildman–Crippen LogP) is 5.32. The van der Waals surface area contributed by atoms with Gasteiger partial charge in [-0.15, -0.1) is 0 Å². The smallest absolute Gasteiger partial charge is 0.319 e. The lowest BCUT2D eigenvalue weighted by atomic mass is 9.94. The molecule has 4 fully saturated rings. The quantitative estimate of drug-likeness (QED) is 0.297. The lowest BCUT2D eigenvalue weighted by molar-refractivity contribution is 0.107. The summed E-state index contributed by atoms with van der Waals surface area (Å²) < 4.78 is 60.0. The Bertz CT molecular complexity index is 1790. The summed E-state index contributed by atoms with van der Waals surface area (Å²) >= 11 is 6.53. The Kier molecular flexibility index (Phi) is 6.62. The number of hydrogen-bond donors (Lipinski definition) is 2. The normalized spacial score (nSPS) is 26.7. The first-order valence-electron chi connectivity index (χ1n) is 15.2. The van der Waals surface area contributed by atoms with Gasteiger partial charge in [-0.1, -0.05) is 11.6 Å². The molecule has 6 heterocycles. The Morgan fingerprint density at radius 1 is 1.11 bits per heavy atom. The van der Waals surface area contributed by atoms with Crippen molar-refractivity contribution >= 4 is 39.2 Å². The third-order valence-electron chi connectivity index (χ3n) is 10.1. The number of hydrogen-bond acceptors (Lipinski definition) is 8. The van der Waals surface area contributed by atoms with E-state index in [-0.39, 0.29) is 52.5 Å². The molecule has 4 aromatic rings. The first-order valence-corrected chi connectivity index (χ1v) is 15.6. The fourth-order valence-corrected chi connectivity index (χ4v) is 8.24. The van der Waals surface area contributed by atoms with E-state index in [2.05, 4.69) is 25.4 Å². The zero-order valence-electron chi connectivity index (χ0n) is 24.5. The summed E-state index contributed by atoms with van der Waals surface area (Å²) in [5, 5.41) is 11.5. The largest absolute Gasteiger partial charge is 0.493 e. The second-order valence-electron chi connectivity index (χ2n) is 12.7. The minimum atomic E-state index is -0.920. The number of fused-ring (bicyclic) bond motifs is 5. The maximum atomic E-state index is 17.0. The molecule has 2 aromatic carbocycles. The van der Waals surface area contributed by atoms with Crippen molar-refractivity contribution in [2.24, 2.45) is 0 Å². The first-order chi connectivity index (χ1) is 21.3. The average molecular weight is 628 g/mol. The number of aromatic amines is 1. The molecule has 4 atom stereocenters. The molecule has 2 N–H and O–H groups in total. The number of nitrogens with zero attached hydrogens (tertiary/aromatic N) is 5. The van der Waals surface area contributed by atoms with E-state index >= 15 is 8.78 Å². The number of rotatable bonds is 6. The number of halogens is 4. The van der Waals surface area contributed by atoms with E-state index in [4.69, 9.17) is 26.1 Å². The van der Waals surface area contributed by atoms with E-state index < -0.39 is 23.3 Å². The Hall–Kier alpha value is -3.35. The van der Waals surface area contributed by atoms with Gasteiger partial charge >= 0.3 is 6.01 Å². The fourth-order valence-electron chi connectivity index (χ4n) is 8.04. The number of aromatic nitrogens is 4. The highest BCUT2D eigenvalue weighted by molar-refractivity contribution is 6.33. The van der Waals surface area contributed by atoms with Crippen LogP contribution in [-0.2, 0) is 0 Å².